The van der Waals surface area contributed by atoms with Crippen molar-refractivity contribution in [1.29, 1.82) is 0 Å². The summed E-state index contributed by atoms with van der Waals surface area (Å²) >= 11 is 0. The van der Waals surface area contributed by atoms with E-state index >= 15 is 0 Å². The number of aliphatic hydroxyl groups is 1. The third kappa shape index (κ3) is 36.8. The van der Waals surface area contributed by atoms with Gasteiger partial charge in [-0.2, -0.15) is 0 Å². The van der Waals surface area contributed by atoms with Crippen molar-refractivity contribution in [2.45, 2.75) is 148 Å². The second-order valence-corrected chi connectivity index (χ2v) is 13.6. The summed E-state index contributed by atoms with van der Waals surface area (Å²) in [5, 5.41) is 12.5. The van der Waals surface area contributed by atoms with Crippen LogP contribution in [0.3, 0.4) is 0 Å². The standard InChI is InChI=1S/C39H68NO8P/c1-3-5-7-9-10-11-12-13-14-15-16-17-18-19-20-21-22-23-24-25-26-28-29-31-38(42)40-33-34-47-49(44,45)48-36-37(41)35-46-39(43)32-30-27-8-6-4-2/h5,7,10-11,13-14,16-17,19-20,37,41H,3-4,6,8-9,12,15,18,21-36H2,1-2H3,(H,40,42)(H,44,45)/b7-5-,11-10-,14-13-,17-16-,20-19-. The molecule has 10 heteroatoms. The molecule has 0 rings (SSSR count). The Kier molecular flexibility index (Phi) is 33.9. The molecule has 0 saturated heterocycles. The molecule has 0 aromatic rings. The first-order valence-corrected chi connectivity index (χ1v) is 20.3. The van der Waals surface area contributed by atoms with E-state index in [4.69, 9.17) is 13.8 Å². The van der Waals surface area contributed by atoms with E-state index in [0.29, 0.717) is 6.42 Å². The lowest BCUT2D eigenvalue weighted by Crippen LogP contribution is -2.27. The third-order valence-corrected chi connectivity index (χ3v) is 8.45. The summed E-state index contributed by atoms with van der Waals surface area (Å²) in [6.45, 7) is 3.29. The van der Waals surface area contributed by atoms with Crippen LogP contribution in [-0.4, -0.2) is 54.3 Å². The van der Waals surface area contributed by atoms with Gasteiger partial charge in [-0.25, -0.2) is 4.57 Å². The number of carbonyl (C=O) groups excluding carboxylic acids is 2. The van der Waals surface area contributed by atoms with Crippen molar-refractivity contribution in [3.8, 4) is 0 Å². The average molecular weight is 710 g/mol. The number of esters is 1. The number of phosphoric acid groups is 1. The molecular weight excluding hydrogens is 641 g/mol. The minimum atomic E-state index is -4.41. The first-order chi connectivity index (χ1) is 23.8. The van der Waals surface area contributed by atoms with Gasteiger partial charge in [-0.15, -0.1) is 0 Å². The van der Waals surface area contributed by atoms with Gasteiger partial charge in [0.05, 0.1) is 13.2 Å². The van der Waals surface area contributed by atoms with Gasteiger partial charge in [0.15, 0.2) is 0 Å². The van der Waals surface area contributed by atoms with Crippen molar-refractivity contribution in [2.75, 3.05) is 26.4 Å². The van der Waals surface area contributed by atoms with Gasteiger partial charge in [-0.3, -0.25) is 18.6 Å². The number of phosphoric ester groups is 1. The van der Waals surface area contributed by atoms with Crippen LogP contribution in [0.25, 0.3) is 0 Å². The van der Waals surface area contributed by atoms with Crippen molar-refractivity contribution < 1.29 is 37.9 Å². The predicted octanol–water partition coefficient (Wildman–Crippen LogP) is 9.76. The number of aliphatic hydroxyl groups excluding tert-OH is 1. The minimum absolute atomic E-state index is 0.0725. The van der Waals surface area contributed by atoms with Crippen LogP contribution in [0.2, 0.25) is 0 Å². The van der Waals surface area contributed by atoms with Crippen LogP contribution < -0.4 is 5.32 Å². The van der Waals surface area contributed by atoms with E-state index in [2.05, 4.69) is 79.9 Å². The molecule has 49 heavy (non-hydrogen) atoms. The van der Waals surface area contributed by atoms with Gasteiger partial charge >= 0.3 is 13.8 Å². The number of amides is 1. The Morgan fingerprint density at radius 3 is 1.76 bits per heavy atom. The Labute approximate surface area is 298 Å². The Morgan fingerprint density at radius 1 is 0.653 bits per heavy atom. The molecule has 0 bridgehead atoms. The molecule has 3 N–H and O–H groups in total. The maximum Gasteiger partial charge on any atom is 0.472 e. The Hall–Kier alpha value is -2.29. The fourth-order valence-corrected chi connectivity index (χ4v) is 5.40. The minimum Gasteiger partial charge on any atom is -0.463 e. The lowest BCUT2D eigenvalue weighted by Gasteiger charge is -2.15. The predicted molar refractivity (Wildman–Crippen MR) is 201 cm³/mol. The van der Waals surface area contributed by atoms with Gasteiger partial charge in [0.25, 0.3) is 0 Å². The summed E-state index contributed by atoms with van der Waals surface area (Å²) in [6, 6.07) is 0. The highest BCUT2D eigenvalue weighted by Crippen LogP contribution is 2.42. The van der Waals surface area contributed by atoms with Gasteiger partial charge in [-0.05, 0) is 57.8 Å². The summed E-state index contributed by atoms with van der Waals surface area (Å²) in [7, 11) is -4.41. The fourth-order valence-electron chi connectivity index (χ4n) is 4.64. The molecule has 0 saturated carbocycles. The molecule has 282 valence electrons. The second kappa shape index (κ2) is 35.5. The maximum absolute atomic E-state index is 12.0. The first kappa shape index (κ1) is 46.7. The Morgan fingerprint density at radius 2 is 1.16 bits per heavy atom. The molecule has 0 aliphatic heterocycles. The molecule has 0 fully saturated rings. The lowest BCUT2D eigenvalue weighted by molar-refractivity contribution is -0.147. The number of ether oxygens (including phenoxy) is 1. The van der Waals surface area contributed by atoms with Gasteiger partial charge in [0.2, 0.25) is 5.91 Å². The molecule has 0 radical (unpaired) electrons. The SMILES string of the molecule is CC/C=C\C/C=C\C/C=C\C/C=C\C/C=C\CCCCCCCCCC(=O)NCCOP(=O)(O)OCC(O)COC(=O)CCCCCCC. The molecule has 1 amide bonds. The van der Waals surface area contributed by atoms with Gasteiger partial charge in [-0.1, -0.05) is 132 Å². The quantitative estimate of drug-likeness (QED) is 0.0261. The number of carbonyl (C=O) groups is 2. The molecule has 9 nitrogen and oxygen atoms in total. The highest BCUT2D eigenvalue weighted by atomic mass is 31.2. The first-order valence-electron chi connectivity index (χ1n) is 18.8. The maximum atomic E-state index is 12.0. The van der Waals surface area contributed by atoms with Crippen molar-refractivity contribution in [2.24, 2.45) is 0 Å². The molecule has 2 atom stereocenters. The highest BCUT2D eigenvalue weighted by molar-refractivity contribution is 7.47. The highest BCUT2D eigenvalue weighted by Gasteiger charge is 2.23. The van der Waals surface area contributed by atoms with E-state index in [1.165, 1.54) is 25.7 Å². The second-order valence-electron chi connectivity index (χ2n) is 12.2. The zero-order valence-electron chi connectivity index (χ0n) is 30.6. The van der Waals surface area contributed by atoms with Gasteiger partial charge < -0.3 is 20.1 Å². The van der Waals surface area contributed by atoms with Crippen molar-refractivity contribution in [1.82, 2.24) is 5.32 Å². The van der Waals surface area contributed by atoms with E-state index in [0.717, 1.165) is 89.9 Å². The lowest BCUT2D eigenvalue weighted by atomic mass is 10.1. The van der Waals surface area contributed by atoms with Crippen LogP contribution in [0.5, 0.6) is 0 Å². The number of unbranched alkanes of at least 4 members (excludes halogenated alkanes) is 11. The molecule has 0 spiro atoms. The Balaban J connectivity index is 3.62. The van der Waals surface area contributed by atoms with Crippen molar-refractivity contribution in [3.05, 3.63) is 60.8 Å². The molecular formula is C39H68NO8P. The number of hydrogen-bond donors (Lipinski definition) is 3. The van der Waals surface area contributed by atoms with Crippen molar-refractivity contribution in [3.63, 3.8) is 0 Å². The van der Waals surface area contributed by atoms with E-state index in [9.17, 15) is 24.2 Å². The van der Waals surface area contributed by atoms with E-state index in [1.54, 1.807) is 0 Å². The monoisotopic (exact) mass is 709 g/mol. The molecule has 0 aliphatic rings. The summed E-state index contributed by atoms with van der Waals surface area (Å²) in [5.41, 5.74) is 0. The Bertz CT molecular complexity index is 992. The summed E-state index contributed by atoms with van der Waals surface area (Å²) < 4.78 is 26.6. The largest absolute Gasteiger partial charge is 0.472 e. The van der Waals surface area contributed by atoms with Crippen LogP contribution in [0.4, 0.5) is 0 Å². The van der Waals surface area contributed by atoms with E-state index in [1.807, 2.05) is 0 Å². The van der Waals surface area contributed by atoms with E-state index in [-0.39, 0.29) is 32.1 Å². The van der Waals surface area contributed by atoms with Gasteiger partial charge in [0, 0.05) is 19.4 Å². The number of allylic oxidation sites excluding steroid dienone is 10. The summed E-state index contributed by atoms with van der Waals surface area (Å²) in [6.07, 6.45) is 40.6. The van der Waals surface area contributed by atoms with Crippen LogP contribution in [-0.2, 0) is 27.9 Å². The zero-order chi connectivity index (χ0) is 36.1. The molecule has 2 unspecified atom stereocenters. The van der Waals surface area contributed by atoms with E-state index < -0.39 is 26.5 Å². The molecule has 0 aliphatic carbocycles. The van der Waals surface area contributed by atoms with Crippen LogP contribution in [0.15, 0.2) is 60.8 Å². The third-order valence-electron chi connectivity index (χ3n) is 7.46. The van der Waals surface area contributed by atoms with Crippen molar-refractivity contribution >= 4 is 19.7 Å². The number of rotatable bonds is 34. The van der Waals surface area contributed by atoms with Crippen LogP contribution in [0, 0.1) is 0 Å². The smallest absolute Gasteiger partial charge is 0.463 e. The fraction of sp³-hybridized carbons (Fsp3) is 0.692. The normalized spacial score (nSPS) is 14.1. The molecule has 0 aromatic carbocycles. The molecule has 0 aromatic heterocycles. The summed E-state index contributed by atoms with van der Waals surface area (Å²) in [4.78, 5) is 33.5. The topological polar surface area (TPSA) is 131 Å². The summed E-state index contributed by atoms with van der Waals surface area (Å²) in [5.74, 6) is -0.546. The average Bonchev–Trinajstić information content (AvgIpc) is 3.08. The zero-order valence-corrected chi connectivity index (χ0v) is 31.5. The molecule has 0 heterocycles. The van der Waals surface area contributed by atoms with Crippen LogP contribution in [0.1, 0.15) is 142 Å². The van der Waals surface area contributed by atoms with Gasteiger partial charge in [0.1, 0.15) is 12.7 Å². The van der Waals surface area contributed by atoms with Crippen LogP contribution >= 0.6 is 7.82 Å². The number of hydrogen-bond acceptors (Lipinski definition) is 7. The number of nitrogens with one attached hydrogen (secondary N) is 1.